The van der Waals surface area contributed by atoms with Gasteiger partial charge >= 0.3 is 0 Å². The monoisotopic (exact) mass is 753 g/mol. The van der Waals surface area contributed by atoms with E-state index in [9.17, 15) is 24.8 Å². The fourth-order valence-corrected chi connectivity index (χ4v) is 9.41. The van der Waals surface area contributed by atoms with Gasteiger partial charge < -0.3 is 19.4 Å². The molecule has 2 unspecified atom stereocenters. The summed E-state index contributed by atoms with van der Waals surface area (Å²) < 4.78 is 5.54. The number of anilines is 3. The van der Waals surface area contributed by atoms with Crippen LogP contribution < -0.4 is 15.1 Å². The lowest BCUT2D eigenvalue weighted by Crippen LogP contribution is -2.59. The molecule has 0 spiro atoms. The van der Waals surface area contributed by atoms with Gasteiger partial charge in [-0.05, 0) is 112 Å². The van der Waals surface area contributed by atoms with E-state index in [2.05, 4.69) is 80.6 Å². The number of aliphatic hydroxyl groups is 1. The fraction of sp³-hybridized carbons (Fsp3) is 0.432. The highest BCUT2D eigenvalue weighted by Gasteiger charge is 2.46. The second-order valence-corrected chi connectivity index (χ2v) is 16.4. The van der Waals surface area contributed by atoms with Gasteiger partial charge in [0.2, 0.25) is 11.8 Å². The van der Waals surface area contributed by atoms with Crippen LogP contribution in [0.4, 0.5) is 17.1 Å². The molecule has 3 amide bonds. The van der Waals surface area contributed by atoms with Gasteiger partial charge in [-0.15, -0.1) is 0 Å². The zero-order valence-corrected chi connectivity index (χ0v) is 32.1. The third-order valence-corrected chi connectivity index (χ3v) is 12.8. The lowest BCUT2D eigenvalue weighted by molar-refractivity contribution is -0.139. The predicted octanol–water partition coefficient (Wildman–Crippen LogP) is 5.81. The van der Waals surface area contributed by atoms with E-state index < -0.39 is 18.2 Å². The molecular formula is C44H47N7O5. The first-order valence-corrected chi connectivity index (χ1v) is 19.8. The maximum Gasteiger partial charge on any atom is 0.257 e. The SMILES string of the molecule is Cc1ccc(-c2c(C)noc2C)cc1N(c1ccc(C2(C#N)CC2)cc1)C1CN(CC2CCN(c3ccc4c(c3)C(O)N(C3CCC(=O)NC3=O)C4=O)CC2)C1. The first kappa shape index (κ1) is 36.1. The zero-order valence-electron chi connectivity index (χ0n) is 32.1. The number of piperidine rings is 2. The van der Waals surface area contributed by atoms with Crippen molar-refractivity contribution in [1.82, 2.24) is 20.3 Å². The number of nitrogens with one attached hydrogen (secondary N) is 1. The van der Waals surface area contributed by atoms with Crippen molar-refractivity contribution < 1.29 is 24.0 Å². The second kappa shape index (κ2) is 13.9. The van der Waals surface area contributed by atoms with Crippen LogP contribution in [-0.4, -0.2) is 82.6 Å². The molecule has 56 heavy (non-hydrogen) atoms. The highest BCUT2D eigenvalue weighted by atomic mass is 16.5. The molecule has 1 aliphatic carbocycles. The van der Waals surface area contributed by atoms with Crippen molar-refractivity contribution >= 4 is 34.8 Å². The summed E-state index contributed by atoms with van der Waals surface area (Å²) in [7, 11) is 0. The van der Waals surface area contributed by atoms with Crippen molar-refractivity contribution in [3.8, 4) is 17.2 Å². The number of nitriles is 1. The average Bonchev–Trinajstić information content (AvgIpc) is 3.86. The van der Waals surface area contributed by atoms with Gasteiger partial charge in [-0.25, -0.2) is 0 Å². The third kappa shape index (κ3) is 6.23. The molecule has 12 heteroatoms. The Kier molecular flexibility index (Phi) is 8.97. The molecule has 1 aromatic heterocycles. The van der Waals surface area contributed by atoms with Gasteiger partial charge in [-0.2, -0.15) is 5.26 Å². The molecule has 2 N–H and O–H groups in total. The highest BCUT2D eigenvalue weighted by molar-refractivity contribution is 6.06. The van der Waals surface area contributed by atoms with Gasteiger partial charge in [0, 0.05) is 72.9 Å². The molecule has 4 fully saturated rings. The van der Waals surface area contributed by atoms with Crippen molar-refractivity contribution in [1.29, 1.82) is 5.26 Å². The van der Waals surface area contributed by atoms with E-state index in [0.717, 1.165) is 104 Å². The molecule has 3 saturated heterocycles. The maximum absolute atomic E-state index is 13.3. The van der Waals surface area contributed by atoms with E-state index in [1.54, 1.807) is 6.07 Å². The first-order valence-electron chi connectivity index (χ1n) is 19.8. The number of carbonyl (C=O) groups excluding carboxylic acids is 3. The summed E-state index contributed by atoms with van der Waals surface area (Å²) in [5, 5.41) is 27.5. The Labute approximate surface area is 326 Å². The van der Waals surface area contributed by atoms with Gasteiger partial charge in [-0.3, -0.25) is 29.5 Å². The predicted molar refractivity (Wildman–Crippen MR) is 210 cm³/mol. The van der Waals surface area contributed by atoms with Crippen LogP contribution in [0.5, 0.6) is 0 Å². The van der Waals surface area contributed by atoms with Crippen LogP contribution >= 0.6 is 0 Å². The summed E-state index contributed by atoms with van der Waals surface area (Å²) in [4.78, 5) is 46.1. The molecule has 1 saturated carbocycles. The zero-order chi connectivity index (χ0) is 38.9. The lowest BCUT2D eigenvalue weighted by Gasteiger charge is -2.48. The minimum absolute atomic E-state index is 0.135. The molecule has 12 nitrogen and oxygen atoms in total. The Bertz CT molecular complexity index is 2240. The van der Waals surface area contributed by atoms with Crippen molar-refractivity contribution in [2.45, 2.75) is 83.0 Å². The van der Waals surface area contributed by atoms with E-state index in [1.807, 2.05) is 26.0 Å². The Balaban J connectivity index is 0.867. The highest BCUT2D eigenvalue weighted by Crippen LogP contribution is 2.48. The summed E-state index contributed by atoms with van der Waals surface area (Å²) in [5.74, 6) is 0.0717. The van der Waals surface area contributed by atoms with Crippen LogP contribution in [0.2, 0.25) is 0 Å². The van der Waals surface area contributed by atoms with Gasteiger partial charge in [-0.1, -0.05) is 29.4 Å². The number of likely N-dealkylation sites (tertiary alicyclic amines) is 1. The van der Waals surface area contributed by atoms with E-state index in [1.165, 1.54) is 10.5 Å². The topological polar surface area (TPSA) is 146 Å². The van der Waals surface area contributed by atoms with Crippen LogP contribution in [0.25, 0.3) is 11.1 Å². The Morgan fingerprint density at radius 2 is 1.73 bits per heavy atom. The smallest absolute Gasteiger partial charge is 0.257 e. The van der Waals surface area contributed by atoms with Gasteiger partial charge in [0.15, 0.2) is 6.23 Å². The number of nitrogens with zero attached hydrogens (tertiary/aromatic N) is 6. The van der Waals surface area contributed by atoms with Crippen LogP contribution in [0.15, 0.2) is 65.2 Å². The number of rotatable bonds is 9. The number of hydrogen-bond acceptors (Lipinski definition) is 10. The van der Waals surface area contributed by atoms with Crippen molar-refractivity contribution in [2.75, 3.05) is 42.5 Å². The number of fused-ring (bicyclic) bond motifs is 1. The summed E-state index contributed by atoms with van der Waals surface area (Å²) in [6.45, 7) is 10.8. The molecule has 4 aromatic rings. The second-order valence-electron chi connectivity index (χ2n) is 16.4. The molecule has 4 aliphatic heterocycles. The van der Waals surface area contributed by atoms with Crippen LogP contribution in [-0.2, 0) is 15.0 Å². The number of aliphatic hydroxyl groups excluding tert-OH is 1. The van der Waals surface area contributed by atoms with Gasteiger partial charge in [0.25, 0.3) is 5.91 Å². The fourth-order valence-electron chi connectivity index (χ4n) is 9.41. The van der Waals surface area contributed by atoms with Crippen LogP contribution in [0, 0.1) is 38.0 Å². The summed E-state index contributed by atoms with van der Waals surface area (Å²) >= 11 is 0. The van der Waals surface area contributed by atoms with Gasteiger partial charge in [0.1, 0.15) is 11.8 Å². The number of aromatic nitrogens is 1. The van der Waals surface area contributed by atoms with Crippen molar-refractivity contribution in [2.24, 2.45) is 5.92 Å². The molecular weight excluding hydrogens is 707 g/mol. The van der Waals surface area contributed by atoms with Crippen molar-refractivity contribution in [3.63, 3.8) is 0 Å². The summed E-state index contributed by atoms with van der Waals surface area (Å²) in [6, 6.07) is 22.8. The lowest BCUT2D eigenvalue weighted by atomic mass is 9.92. The number of aryl methyl sites for hydroxylation is 3. The summed E-state index contributed by atoms with van der Waals surface area (Å²) in [5.41, 5.74) is 9.12. The van der Waals surface area contributed by atoms with E-state index in [-0.39, 0.29) is 36.1 Å². The van der Waals surface area contributed by atoms with Gasteiger partial charge in [0.05, 0.1) is 23.2 Å². The Hall–Kier alpha value is -5.51. The molecule has 3 aromatic carbocycles. The Morgan fingerprint density at radius 1 is 0.982 bits per heavy atom. The minimum Gasteiger partial charge on any atom is -0.372 e. The molecule has 5 aliphatic rings. The van der Waals surface area contributed by atoms with E-state index in [4.69, 9.17) is 4.52 Å². The number of benzene rings is 3. The quantitative estimate of drug-likeness (QED) is 0.201. The standard InChI is InChI=1S/C44H47N7O5/c1-26-4-5-30(40-27(2)47-56-28(40)3)20-38(26)50(32-8-6-31(7-9-32)44(25-45)16-17-44)34-23-48(24-34)22-29-14-18-49(19-15-29)33-10-11-35-36(21-33)43(55)51(42(35)54)37-12-13-39(52)46-41(37)53/h4-11,20-21,29,34,37,43,55H,12-19,22-24H2,1-3H3,(H,46,52,53). The normalized spacial score (nSPS) is 22.4. The molecule has 9 rings (SSSR count). The number of amides is 3. The number of imide groups is 1. The molecule has 288 valence electrons. The molecule has 5 heterocycles. The Morgan fingerprint density at radius 3 is 2.39 bits per heavy atom. The molecule has 0 radical (unpaired) electrons. The largest absolute Gasteiger partial charge is 0.372 e. The molecule has 0 bridgehead atoms. The van der Waals surface area contributed by atoms with E-state index >= 15 is 0 Å². The maximum atomic E-state index is 13.3. The van der Waals surface area contributed by atoms with Crippen molar-refractivity contribution in [3.05, 3.63) is 94.4 Å². The average molecular weight is 754 g/mol. The number of hydrogen-bond donors (Lipinski definition) is 2. The third-order valence-electron chi connectivity index (χ3n) is 12.8. The summed E-state index contributed by atoms with van der Waals surface area (Å²) in [6.07, 6.45) is 3.01. The van der Waals surface area contributed by atoms with E-state index in [0.29, 0.717) is 17.0 Å². The van der Waals surface area contributed by atoms with Crippen LogP contribution in [0.1, 0.15) is 83.3 Å². The number of carbonyl (C=O) groups is 3. The molecule has 2 atom stereocenters. The first-order chi connectivity index (χ1) is 27.0. The van der Waals surface area contributed by atoms with Crippen LogP contribution in [0.3, 0.4) is 0 Å². The minimum atomic E-state index is -1.23.